The van der Waals surface area contributed by atoms with Gasteiger partial charge in [0.15, 0.2) is 0 Å². The first kappa shape index (κ1) is 10.7. The highest BCUT2D eigenvalue weighted by Crippen LogP contribution is 2.34. The van der Waals surface area contributed by atoms with Crippen LogP contribution in [0.25, 0.3) is 0 Å². The van der Waals surface area contributed by atoms with E-state index in [1.807, 2.05) is 12.3 Å². The van der Waals surface area contributed by atoms with E-state index in [1.54, 1.807) is 6.33 Å². The van der Waals surface area contributed by atoms with Crippen molar-refractivity contribution in [3.8, 4) is 0 Å². The molecule has 1 aromatic heterocycles. The van der Waals surface area contributed by atoms with Gasteiger partial charge in [0.1, 0.15) is 0 Å². The second-order valence-electron chi connectivity index (χ2n) is 4.53. The first-order valence-electron chi connectivity index (χ1n) is 5.76. The topological polar surface area (TPSA) is 31.9 Å². The molecule has 17 heavy (non-hydrogen) atoms. The number of benzene rings is 1. The molecule has 0 amide bonds. The summed E-state index contributed by atoms with van der Waals surface area (Å²) in [5.41, 5.74) is 3.76. The van der Waals surface area contributed by atoms with Crippen molar-refractivity contribution in [2.24, 2.45) is 0 Å². The Labute approximate surface area is 105 Å². The highest BCUT2D eigenvalue weighted by atomic mass is 35.5. The summed E-state index contributed by atoms with van der Waals surface area (Å²) in [6, 6.07) is 6.64. The summed E-state index contributed by atoms with van der Waals surface area (Å²) in [4.78, 5) is 9.59. The quantitative estimate of drug-likeness (QED) is 0.885. The molecule has 0 fully saturated rings. The third-order valence-corrected chi connectivity index (χ3v) is 3.53. The Hall–Kier alpha value is -1.48. The minimum Gasteiger partial charge on any atom is -0.362 e. The van der Waals surface area contributed by atoms with Crippen molar-refractivity contribution in [1.29, 1.82) is 0 Å². The van der Waals surface area contributed by atoms with E-state index >= 15 is 0 Å². The van der Waals surface area contributed by atoms with Crippen LogP contribution in [0.4, 0.5) is 5.69 Å². The number of halogens is 1. The maximum Gasteiger partial charge on any atom is 0.0922 e. The fourth-order valence-electron chi connectivity index (χ4n) is 2.46. The van der Waals surface area contributed by atoms with Gasteiger partial charge >= 0.3 is 0 Å². The molecular formula is C13H14ClN3. The first-order chi connectivity index (χ1) is 8.24. The standard InChI is InChI=1S/C13H14ClN3/c1-9-4-10-5-11(14)2-3-13(10)17(9)7-12-6-15-8-16-12/h2-3,5-6,8-9H,4,7H2,1H3,(H,15,16)/t9-/m1/s1. The van der Waals surface area contributed by atoms with Gasteiger partial charge in [0, 0.05) is 22.9 Å². The molecular weight excluding hydrogens is 234 g/mol. The van der Waals surface area contributed by atoms with E-state index in [1.165, 1.54) is 11.3 Å². The number of nitrogens with one attached hydrogen (secondary N) is 1. The molecule has 0 saturated heterocycles. The predicted molar refractivity (Wildman–Crippen MR) is 69.4 cm³/mol. The van der Waals surface area contributed by atoms with Crippen molar-refractivity contribution in [2.45, 2.75) is 25.9 Å². The second kappa shape index (κ2) is 4.08. The van der Waals surface area contributed by atoms with Gasteiger partial charge in [0.05, 0.1) is 18.6 Å². The molecule has 1 N–H and O–H groups in total. The normalized spacial score (nSPS) is 18.5. The van der Waals surface area contributed by atoms with E-state index in [9.17, 15) is 0 Å². The van der Waals surface area contributed by atoms with Gasteiger partial charge < -0.3 is 9.88 Å². The van der Waals surface area contributed by atoms with Crippen LogP contribution in [0.5, 0.6) is 0 Å². The van der Waals surface area contributed by atoms with Gasteiger partial charge in [0.25, 0.3) is 0 Å². The number of imidazole rings is 1. The van der Waals surface area contributed by atoms with E-state index in [-0.39, 0.29) is 0 Å². The molecule has 1 aromatic carbocycles. The third kappa shape index (κ3) is 1.91. The van der Waals surface area contributed by atoms with Gasteiger partial charge in [-0.25, -0.2) is 4.98 Å². The van der Waals surface area contributed by atoms with Crippen LogP contribution in [0.15, 0.2) is 30.7 Å². The zero-order valence-corrected chi connectivity index (χ0v) is 10.4. The van der Waals surface area contributed by atoms with Crippen molar-refractivity contribution in [3.05, 3.63) is 47.0 Å². The van der Waals surface area contributed by atoms with Crippen LogP contribution in [0, 0.1) is 0 Å². The molecule has 4 heteroatoms. The lowest BCUT2D eigenvalue weighted by molar-refractivity contribution is 0.666. The SMILES string of the molecule is C[C@@H]1Cc2cc(Cl)ccc2N1Cc1cnc[nH]1. The van der Waals surface area contributed by atoms with Gasteiger partial charge in [-0.05, 0) is 37.1 Å². The lowest BCUT2D eigenvalue weighted by atomic mass is 10.1. The Morgan fingerprint density at radius 3 is 3.18 bits per heavy atom. The summed E-state index contributed by atoms with van der Waals surface area (Å²) in [6.07, 6.45) is 4.66. The number of aromatic nitrogens is 2. The molecule has 1 atom stereocenters. The molecule has 0 aliphatic carbocycles. The fraction of sp³-hybridized carbons (Fsp3) is 0.308. The zero-order chi connectivity index (χ0) is 11.8. The number of hydrogen-bond acceptors (Lipinski definition) is 2. The number of aromatic amines is 1. The monoisotopic (exact) mass is 247 g/mol. The number of rotatable bonds is 2. The molecule has 0 unspecified atom stereocenters. The summed E-state index contributed by atoms with van der Waals surface area (Å²) < 4.78 is 0. The van der Waals surface area contributed by atoms with Crippen LogP contribution in [0.2, 0.25) is 5.02 Å². The molecule has 0 bridgehead atoms. The number of nitrogens with zero attached hydrogens (tertiary/aromatic N) is 2. The van der Waals surface area contributed by atoms with Crippen LogP contribution in [-0.4, -0.2) is 16.0 Å². The number of hydrogen-bond donors (Lipinski definition) is 1. The Morgan fingerprint density at radius 1 is 1.53 bits per heavy atom. The van der Waals surface area contributed by atoms with Crippen molar-refractivity contribution in [1.82, 2.24) is 9.97 Å². The molecule has 2 aromatic rings. The molecule has 0 spiro atoms. The predicted octanol–water partition coefficient (Wildman–Crippen LogP) is 3.01. The average molecular weight is 248 g/mol. The summed E-state index contributed by atoms with van der Waals surface area (Å²) in [5.74, 6) is 0. The average Bonchev–Trinajstić information content (AvgIpc) is 2.88. The van der Waals surface area contributed by atoms with E-state index in [2.05, 4.69) is 33.9 Å². The molecule has 0 saturated carbocycles. The highest BCUT2D eigenvalue weighted by molar-refractivity contribution is 6.30. The molecule has 1 aliphatic heterocycles. The van der Waals surface area contributed by atoms with Crippen molar-refractivity contribution in [2.75, 3.05) is 4.90 Å². The summed E-state index contributed by atoms with van der Waals surface area (Å²) in [6.45, 7) is 3.11. The molecule has 88 valence electrons. The fourth-order valence-corrected chi connectivity index (χ4v) is 2.65. The van der Waals surface area contributed by atoms with E-state index in [0.717, 1.165) is 23.7 Å². The summed E-state index contributed by atoms with van der Waals surface area (Å²) in [5, 5.41) is 0.819. The van der Waals surface area contributed by atoms with Crippen LogP contribution in [-0.2, 0) is 13.0 Å². The number of fused-ring (bicyclic) bond motifs is 1. The minimum absolute atomic E-state index is 0.506. The van der Waals surface area contributed by atoms with Gasteiger partial charge in [0.2, 0.25) is 0 Å². The number of H-pyrrole nitrogens is 1. The first-order valence-corrected chi connectivity index (χ1v) is 6.14. The van der Waals surface area contributed by atoms with E-state index in [0.29, 0.717) is 6.04 Å². The van der Waals surface area contributed by atoms with Gasteiger partial charge in [-0.2, -0.15) is 0 Å². The Bertz CT molecular complexity index is 521. The van der Waals surface area contributed by atoms with Crippen molar-refractivity contribution in [3.63, 3.8) is 0 Å². The maximum atomic E-state index is 6.03. The Kier molecular flexibility index (Phi) is 2.56. The van der Waals surface area contributed by atoms with Crippen LogP contribution in [0.1, 0.15) is 18.2 Å². The smallest absolute Gasteiger partial charge is 0.0922 e. The molecule has 1 aliphatic rings. The molecule has 3 rings (SSSR count). The minimum atomic E-state index is 0.506. The van der Waals surface area contributed by atoms with Crippen LogP contribution >= 0.6 is 11.6 Å². The lowest BCUT2D eigenvalue weighted by Crippen LogP contribution is -2.28. The number of anilines is 1. The molecule has 0 radical (unpaired) electrons. The van der Waals surface area contributed by atoms with Crippen LogP contribution in [0.3, 0.4) is 0 Å². The van der Waals surface area contributed by atoms with Gasteiger partial charge in [-0.3, -0.25) is 0 Å². The summed E-state index contributed by atoms with van der Waals surface area (Å²) >= 11 is 6.03. The third-order valence-electron chi connectivity index (χ3n) is 3.29. The van der Waals surface area contributed by atoms with Crippen LogP contribution < -0.4 is 4.90 Å². The van der Waals surface area contributed by atoms with Gasteiger partial charge in [-0.15, -0.1) is 0 Å². The second-order valence-corrected chi connectivity index (χ2v) is 4.97. The largest absolute Gasteiger partial charge is 0.362 e. The Morgan fingerprint density at radius 2 is 2.41 bits per heavy atom. The highest BCUT2D eigenvalue weighted by Gasteiger charge is 2.26. The molecule has 3 nitrogen and oxygen atoms in total. The van der Waals surface area contributed by atoms with Gasteiger partial charge in [-0.1, -0.05) is 11.6 Å². The maximum absolute atomic E-state index is 6.03. The van der Waals surface area contributed by atoms with Crippen molar-refractivity contribution >= 4 is 17.3 Å². The Balaban J connectivity index is 1.91. The van der Waals surface area contributed by atoms with Crippen molar-refractivity contribution < 1.29 is 0 Å². The molecule has 2 heterocycles. The summed E-state index contributed by atoms with van der Waals surface area (Å²) in [7, 11) is 0. The van der Waals surface area contributed by atoms with E-state index < -0.39 is 0 Å². The zero-order valence-electron chi connectivity index (χ0n) is 9.65. The lowest BCUT2D eigenvalue weighted by Gasteiger charge is -2.24. The van der Waals surface area contributed by atoms with E-state index in [4.69, 9.17) is 11.6 Å².